The molecule has 3 nitrogen and oxygen atoms in total. The first-order valence-electron chi connectivity index (χ1n) is 6.70. The third-order valence-corrected chi connectivity index (χ3v) is 3.25. The molecule has 0 radical (unpaired) electrons. The molecule has 0 fully saturated rings. The minimum absolute atomic E-state index is 0.274. The van der Waals surface area contributed by atoms with Gasteiger partial charge in [-0.2, -0.15) is 0 Å². The first-order chi connectivity index (χ1) is 9.20. The number of rotatable bonds is 5. The maximum absolute atomic E-state index is 5.93. The van der Waals surface area contributed by atoms with E-state index in [0.717, 1.165) is 18.5 Å². The predicted octanol–water partition coefficient (Wildman–Crippen LogP) is 2.87. The van der Waals surface area contributed by atoms with Crippen LogP contribution in [0.4, 0.5) is 5.82 Å². The maximum Gasteiger partial charge on any atom is 0.126 e. The van der Waals surface area contributed by atoms with E-state index < -0.39 is 0 Å². The summed E-state index contributed by atoms with van der Waals surface area (Å²) >= 11 is 0. The Hall–Kier alpha value is -1.87. The van der Waals surface area contributed by atoms with Crippen LogP contribution in [0.3, 0.4) is 0 Å². The minimum atomic E-state index is 0.274. The Balaban J connectivity index is 2.24. The molecule has 1 heterocycles. The third kappa shape index (κ3) is 3.55. The van der Waals surface area contributed by atoms with Crippen molar-refractivity contribution >= 4 is 5.82 Å². The fraction of sp³-hybridized carbons (Fsp3) is 0.312. The Morgan fingerprint density at radius 3 is 2.79 bits per heavy atom. The topological polar surface area (TPSA) is 50.9 Å². The zero-order chi connectivity index (χ0) is 13.7. The van der Waals surface area contributed by atoms with Crippen molar-refractivity contribution in [3.63, 3.8) is 0 Å². The number of nitrogens with zero attached hydrogens (tertiary/aromatic N) is 1. The van der Waals surface area contributed by atoms with E-state index in [4.69, 9.17) is 5.73 Å². The number of hydrogen-bond donors (Lipinski definition) is 2. The molecule has 0 bridgehead atoms. The Morgan fingerprint density at radius 1 is 1.26 bits per heavy atom. The molecule has 0 aliphatic carbocycles. The van der Waals surface area contributed by atoms with E-state index in [2.05, 4.69) is 48.4 Å². The lowest BCUT2D eigenvalue weighted by Crippen LogP contribution is -2.23. The highest BCUT2D eigenvalue weighted by Gasteiger charge is 2.13. The summed E-state index contributed by atoms with van der Waals surface area (Å²) in [5, 5.41) is 3.52. The number of pyridine rings is 1. The standard InChI is InChI=1S/C16H21N3/c1-3-18-15(13-7-4-6-12(2)10-13)11-14-8-5-9-19-16(14)17/h4-10,15,18H,3,11H2,1-2H3,(H2,17,19). The van der Waals surface area contributed by atoms with Crippen LogP contribution < -0.4 is 11.1 Å². The van der Waals surface area contributed by atoms with Crippen LogP contribution in [-0.4, -0.2) is 11.5 Å². The monoisotopic (exact) mass is 255 g/mol. The van der Waals surface area contributed by atoms with Gasteiger partial charge in [0.15, 0.2) is 0 Å². The molecule has 1 aromatic heterocycles. The molecular formula is C16H21N3. The third-order valence-electron chi connectivity index (χ3n) is 3.25. The summed E-state index contributed by atoms with van der Waals surface area (Å²) in [5.41, 5.74) is 9.60. The zero-order valence-electron chi connectivity index (χ0n) is 11.6. The molecule has 1 unspecified atom stereocenters. The van der Waals surface area contributed by atoms with Crippen molar-refractivity contribution in [1.29, 1.82) is 0 Å². The van der Waals surface area contributed by atoms with Crippen LogP contribution in [0.1, 0.15) is 29.7 Å². The van der Waals surface area contributed by atoms with E-state index in [-0.39, 0.29) is 6.04 Å². The molecule has 0 aliphatic heterocycles. The predicted molar refractivity (Wildman–Crippen MR) is 80.0 cm³/mol. The highest BCUT2D eigenvalue weighted by atomic mass is 14.9. The lowest BCUT2D eigenvalue weighted by atomic mass is 9.98. The fourth-order valence-electron chi connectivity index (χ4n) is 2.28. The molecule has 1 atom stereocenters. The highest BCUT2D eigenvalue weighted by molar-refractivity contribution is 5.40. The van der Waals surface area contributed by atoms with Crippen molar-refractivity contribution in [2.45, 2.75) is 26.3 Å². The first kappa shape index (κ1) is 13.6. The molecule has 2 rings (SSSR count). The van der Waals surface area contributed by atoms with Crippen molar-refractivity contribution in [3.8, 4) is 0 Å². The second kappa shape index (κ2) is 6.34. The Kier molecular flexibility index (Phi) is 4.53. The smallest absolute Gasteiger partial charge is 0.126 e. The lowest BCUT2D eigenvalue weighted by molar-refractivity contribution is 0.549. The van der Waals surface area contributed by atoms with Crippen LogP contribution >= 0.6 is 0 Å². The van der Waals surface area contributed by atoms with Crippen LogP contribution in [0.5, 0.6) is 0 Å². The van der Waals surface area contributed by atoms with Gasteiger partial charge in [0, 0.05) is 12.2 Å². The van der Waals surface area contributed by atoms with Crippen molar-refractivity contribution < 1.29 is 0 Å². The minimum Gasteiger partial charge on any atom is -0.383 e. The van der Waals surface area contributed by atoms with Gasteiger partial charge in [-0.1, -0.05) is 42.8 Å². The van der Waals surface area contributed by atoms with E-state index in [1.807, 2.05) is 12.1 Å². The van der Waals surface area contributed by atoms with E-state index >= 15 is 0 Å². The van der Waals surface area contributed by atoms with Crippen LogP contribution in [0, 0.1) is 6.92 Å². The summed E-state index contributed by atoms with van der Waals surface area (Å²) in [6.45, 7) is 5.17. The summed E-state index contributed by atoms with van der Waals surface area (Å²) in [4.78, 5) is 4.15. The van der Waals surface area contributed by atoms with Gasteiger partial charge in [0.05, 0.1) is 0 Å². The largest absolute Gasteiger partial charge is 0.383 e. The summed E-state index contributed by atoms with van der Waals surface area (Å²) in [5.74, 6) is 0.623. The molecular weight excluding hydrogens is 234 g/mol. The van der Waals surface area contributed by atoms with Crippen LogP contribution in [0.2, 0.25) is 0 Å². The molecule has 0 saturated carbocycles. The second-order valence-corrected chi connectivity index (χ2v) is 4.78. The van der Waals surface area contributed by atoms with E-state index in [9.17, 15) is 0 Å². The van der Waals surface area contributed by atoms with Gasteiger partial charge in [-0.3, -0.25) is 0 Å². The molecule has 3 N–H and O–H groups in total. The molecule has 0 aliphatic rings. The van der Waals surface area contributed by atoms with Gasteiger partial charge in [0.25, 0.3) is 0 Å². The van der Waals surface area contributed by atoms with Gasteiger partial charge in [-0.05, 0) is 37.1 Å². The maximum atomic E-state index is 5.93. The number of likely N-dealkylation sites (N-methyl/N-ethyl adjacent to an activating group) is 1. The molecule has 3 heteroatoms. The van der Waals surface area contributed by atoms with Gasteiger partial charge in [-0.15, -0.1) is 0 Å². The van der Waals surface area contributed by atoms with Crippen molar-refractivity contribution in [2.75, 3.05) is 12.3 Å². The van der Waals surface area contributed by atoms with Gasteiger partial charge < -0.3 is 11.1 Å². The number of hydrogen-bond acceptors (Lipinski definition) is 3. The molecule has 2 aromatic rings. The van der Waals surface area contributed by atoms with E-state index in [1.54, 1.807) is 6.20 Å². The molecule has 19 heavy (non-hydrogen) atoms. The van der Waals surface area contributed by atoms with Crippen LogP contribution in [0.25, 0.3) is 0 Å². The number of aromatic nitrogens is 1. The van der Waals surface area contributed by atoms with Gasteiger partial charge in [0.2, 0.25) is 0 Å². The number of nitrogens with one attached hydrogen (secondary N) is 1. The number of nitrogens with two attached hydrogens (primary N) is 1. The van der Waals surface area contributed by atoms with E-state index in [0.29, 0.717) is 5.82 Å². The van der Waals surface area contributed by atoms with Gasteiger partial charge in [0.1, 0.15) is 5.82 Å². The molecule has 1 aromatic carbocycles. The summed E-state index contributed by atoms with van der Waals surface area (Å²) in [7, 11) is 0. The average molecular weight is 255 g/mol. The normalized spacial score (nSPS) is 12.3. The Morgan fingerprint density at radius 2 is 2.11 bits per heavy atom. The molecule has 0 saturated heterocycles. The van der Waals surface area contributed by atoms with Crippen molar-refractivity contribution in [1.82, 2.24) is 10.3 Å². The van der Waals surface area contributed by atoms with Crippen molar-refractivity contribution in [2.24, 2.45) is 0 Å². The van der Waals surface area contributed by atoms with Gasteiger partial charge >= 0.3 is 0 Å². The van der Waals surface area contributed by atoms with Crippen LogP contribution in [0.15, 0.2) is 42.6 Å². The average Bonchev–Trinajstić information content (AvgIpc) is 2.40. The Labute approximate surface area is 114 Å². The number of anilines is 1. The zero-order valence-corrected chi connectivity index (χ0v) is 11.6. The lowest BCUT2D eigenvalue weighted by Gasteiger charge is -2.19. The number of aryl methyl sites for hydroxylation is 1. The van der Waals surface area contributed by atoms with Crippen LogP contribution in [-0.2, 0) is 6.42 Å². The first-order valence-corrected chi connectivity index (χ1v) is 6.70. The summed E-state index contributed by atoms with van der Waals surface area (Å²) in [6, 6.07) is 12.9. The number of nitrogen functional groups attached to an aromatic ring is 1. The summed E-state index contributed by atoms with van der Waals surface area (Å²) < 4.78 is 0. The fourth-order valence-corrected chi connectivity index (χ4v) is 2.28. The van der Waals surface area contributed by atoms with Gasteiger partial charge in [-0.25, -0.2) is 4.98 Å². The van der Waals surface area contributed by atoms with Crippen molar-refractivity contribution in [3.05, 3.63) is 59.3 Å². The van der Waals surface area contributed by atoms with E-state index in [1.165, 1.54) is 11.1 Å². The molecule has 0 amide bonds. The summed E-state index contributed by atoms with van der Waals surface area (Å²) in [6.07, 6.45) is 2.59. The SMILES string of the molecule is CCNC(Cc1cccnc1N)c1cccc(C)c1. The number of benzene rings is 1. The molecule has 100 valence electrons. The highest BCUT2D eigenvalue weighted by Crippen LogP contribution is 2.21. The second-order valence-electron chi connectivity index (χ2n) is 4.78. The Bertz CT molecular complexity index is 537. The quantitative estimate of drug-likeness (QED) is 0.863. The molecule has 0 spiro atoms.